The summed E-state index contributed by atoms with van der Waals surface area (Å²) in [5.41, 5.74) is 0.306. The van der Waals surface area contributed by atoms with Gasteiger partial charge in [0.05, 0.1) is 16.6 Å². The lowest BCUT2D eigenvalue weighted by Crippen LogP contribution is -2.05. The van der Waals surface area contributed by atoms with Crippen LogP contribution in [0.15, 0.2) is 21.1 Å². The Morgan fingerprint density at radius 1 is 1.43 bits per heavy atom. The van der Waals surface area contributed by atoms with Crippen LogP contribution in [0.5, 0.6) is 0 Å². The normalized spacial score (nSPS) is 10.0. The van der Waals surface area contributed by atoms with E-state index in [2.05, 4.69) is 31.9 Å². The van der Waals surface area contributed by atoms with Crippen LogP contribution in [0.2, 0.25) is 0 Å². The fraction of sp³-hybridized carbons (Fsp3) is 0.222. The molecular weight excluding hydrogens is 319 g/mol. The molecule has 0 unspecified atom stereocenters. The van der Waals surface area contributed by atoms with Crippen molar-refractivity contribution in [3.63, 3.8) is 0 Å². The van der Waals surface area contributed by atoms with Crippen molar-refractivity contribution in [1.29, 1.82) is 0 Å². The second-order valence-electron chi connectivity index (χ2n) is 2.47. The molecule has 0 spiro atoms. The molecule has 76 valence electrons. The summed E-state index contributed by atoms with van der Waals surface area (Å²) >= 11 is 6.09. The number of benzene rings is 1. The van der Waals surface area contributed by atoms with E-state index in [-0.39, 0.29) is 4.47 Å². The summed E-state index contributed by atoms with van der Waals surface area (Å²) in [6, 6.07) is 2.60. The van der Waals surface area contributed by atoms with Gasteiger partial charge in [-0.1, -0.05) is 0 Å². The SMILES string of the molecule is CCOC(=O)c1cc(Br)c(F)cc1Br. The molecule has 0 aromatic heterocycles. The van der Waals surface area contributed by atoms with Crippen LogP contribution in [0.3, 0.4) is 0 Å². The van der Waals surface area contributed by atoms with E-state index in [0.717, 1.165) is 0 Å². The van der Waals surface area contributed by atoms with E-state index < -0.39 is 11.8 Å². The number of esters is 1. The molecule has 0 N–H and O–H groups in total. The Morgan fingerprint density at radius 2 is 2.07 bits per heavy atom. The molecule has 0 radical (unpaired) electrons. The molecule has 1 aromatic carbocycles. The van der Waals surface area contributed by atoms with Gasteiger partial charge in [-0.25, -0.2) is 9.18 Å². The monoisotopic (exact) mass is 324 g/mol. The highest BCUT2D eigenvalue weighted by molar-refractivity contribution is 9.11. The van der Waals surface area contributed by atoms with Crippen molar-refractivity contribution in [1.82, 2.24) is 0 Å². The van der Waals surface area contributed by atoms with Gasteiger partial charge in [0.25, 0.3) is 0 Å². The smallest absolute Gasteiger partial charge is 0.339 e. The predicted octanol–water partition coefficient (Wildman–Crippen LogP) is 3.53. The van der Waals surface area contributed by atoms with E-state index in [4.69, 9.17) is 4.74 Å². The van der Waals surface area contributed by atoms with Crippen molar-refractivity contribution in [2.75, 3.05) is 6.61 Å². The molecular formula is C9H7Br2FO2. The first-order chi connectivity index (χ1) is 6.56. The number of hydrogen-bond acceptors (Lipinski definition) is 2. The van der Waals surface area contributed by atoms with Gasteiger partial charge in [0.2, 0.25) is 0 Å². The zero-order valence-electron chi connectivity index (χ0n) is 7.31. The number of hydrogen-bond donors (Lipinski definition) is 0. The Morgan fingerprint density at radius 3 is 2.64 bits per heavy atom. The maximum absolute atomic E-state index is 13.0. The second kappa shape index (κ2) is 4.89. The summed E-state index contributed by atoms with van der Waals surface area (Å²) in [5.74, 6) is -0.898. The minimum atomic E-state index is -0.472. The van der Waals surface area contributed by atoms with Crippen molar-refractivity contribution >= 4 is 37.8 Å². The molecule has 0 atom stereocenters. The standard InChI is InChI=1S/C9H7Br2FO2/c1-2-14-9(13)5-3-7(11)8(12)4-6(5)10/h3-4H,2H2,1H3. The summed E-state index contributed by atoms with van der Waals surface area (Å²) in [5, 5.41) is 0. The molecule has 0 saturated heterocycles. The van der Waals surface area contributed by atoms with E-state index in [1.165, 1.54) is 12.1 Å². The van der Waals surface area contributed by atoms with Gasteiger partial charge in [-0.15, -0.1) is 0 Å². The summed E-state index contributed by atoms with van der Waals surface area (Å²) in [6.07, 6.45) is 0. The number of carbonyl (C=O) groups excluding carboxylic acids is 1. The lowest BCUT2D eigenvalue weighted by atomic mass is 10.2. The summed E-state index contributed by atoms with van der Waals surface area (Å²) < 4.78 is 18.4. The van der Waals surface area contributed by atoms with Crippen LogP contribution in [0, 0.1) is 5.82 Å². The first kappa shape index (κ1) is 11.7. The van der Waals surface area contributed by atoms with E-state index in [1.807, 2.05) is 0 Å². The molecule has 0 aliphatic heterocycles. The Kier molecular flexibility index (Phi) is 4.07. The number of ether oxygens (including phenoxy) is 1. The highest BCUT2D eigenvalue weighted by atomic mass is 79.9. The first-order valence-corrected chi connectivity index (χ1v) is 5.46. The van der Waals surface area contributed by atoms with Crippen molar-refractivity contribution in [3.05, 3.63) is 32.5 Å². The number of rotatable bonds is 2. The Hall–Kier alpha value is -0.420. The maximum Gasteiger partial charge on any atom is 0.339 e. The highest BCUT2D eigenvalue weighted by Gasteiger charge is 2.13. The molecule has 1 aromatic rings. The van der Waals surface area contributed by atoms with Crippen molar-refractivity contribution in [3.8, 4) is 0 Å². The van der Waals surface area contributed by atoms with Crippen LogP contribution in [0.1, 0.15) is 17.3 Å². The largest absolute Gasteiger partial charge is 0.462 e. The van der Waals surface area contributed by atoms with Gasteiger partial charge in [-0.05, 0) is 50.9 Å². The quantitative estimate of drug-likeness (QED) is 0.614. The number of carbonyl (C=O) groups is 1. The Balaban J connectivity index is 3.09. The maximum atomic E-state index is 13.0. The second-order valence-corrected chi connectivity index (χ2v) is 4.18. The molecule has 0 aliphatic carbocycles. The highest BCUT2D eigenvalue weighted by Crippen LogP contribution is 2.25. The van der Waals surface area contributed by atoms with Crippen molar-refractivity contribution in [2.45, 2.75) is 6.92 Å². The third-order valence-corrected chi connectivity index (χ3v) is 2.77. The summed E-state index contributed by atoms with van der Waals surface area (Å²) in [7, 11) is 0. The minimum absolute atomic E-state index is 0.240. The fourth-order valence-corrected chi connectivity index (χ4v) is 1.71. The van der Waals surface area contributed by atoms with Crippen LogP contribution in [-0.4, -0.2) is 12.6 Å². The van der Waals surface area contributed by atoms with Gasteiger partial charge < -0.3 is 4.74 Å². The van der Waals surface area contributed by atoms with E-state index >= 15 is 0 Å². The summed E-state index contributed by atoms with van der Waals surface area (Å²) in [6.45, 7) is 2.00. The molecule has 1 rings (SSSR count). The lowest BCUT2D eigenvalue weighted by Gasteiger charge is -2.05. The van der Waals surface area contributed by atoms with Crippen LogP contribution >= 0.6 is 31.9 Å². The van der Waals surface area contributed by atoms with E-state index in [9.17, 15) is 9.18 Å². The minimum Gasteiger partial charge on any atom is -0.462 e. The van der Waals surface area contributed by atoms with Gasteiger partial charge in [0.15, 0.2) is 0 Å². The van der Waals surface area contributed by atoms with Crippen LogP contribution < -0.4 is 0 Å². The van der Waals surface area contributed by atoms with Gasteiger partial charge in [0.1, 0.15) is 5.82 Å². The first-order valence-electron chi connectivity index (χ1n) is 3.88. The molecule has 0 bridgehead atoms. The van der Waals surface area contributed by atoms with Crippen molar-refractivity contribution < 1.29 is 13.9 Å². The molecule has 0 amide bonds. The third-order valence-electron chi connectivity index (χ3n) is 1.51. The number of halogens is 3. The topological polar surface area (TPSA) is 26.3 Å². The van der Waals surface area contributed by atoms with Crippen molar-refractivity contribution in [2.24, 2.45) is 0 Å². The molecule has 0 saturated carbocycles. The van der Waals surface area contributed by atoms with Crippen LogP contribution in [0.4, 0.5) is 4.39 Å². The van der Waals surface area contributed by atoms with Gasteiger partial charge in [-0.2, -0.15) is 0 Å². The van der Waals surface area contributed by atoms with Gasteiger partial charge >= 0.3 is 5.97 Å². The van der Waals surface area contributed by atoms with Gasteiger partial charge in [0, 0.05) is 4.47 Å². The Bertz CT molecular complexity index is 366. The average molecular weight is 326 g/mol. The molecule has 0 fully saturated rings. The van der Waals surface area contributed by atoms with E-state index in [0.29, 0.717) is 16.6 Å². The van der Waals surface area contributed by atoms with Crippen LogP contribution in [0.25, 0.3) is 0 Å². The van der Waals surface area contributed by atoms with E-state index in [1.54, 1.807) is 6.92 Å². The Labute approximate surface area is 97.7 Å². The molecule has 2 nitrogen and oxygen atoms in total. The molecule has 5 heteroatoms. The molecule has 0 heterocycles. The molecule has 0 aliphatic rings. The third kappa shape index (κ3) is 2.54. The zero-order chi connectivity index (χ0) is 10.7. The van der Waals surface area contributed by atoms with Crippen LogP contribution in [-0.2, 0) is 4.74 Å². The lowest BCUT2D eigenvalue weighted by molar-refractivity contribution is 0.0525. The zero-order valence-corrected chi connectivity index (χ0v) is 10.5. The van der Waals surface area contributed by atoms with Gasteiger partial charge in [-0.3, -0.25) is 0 Å². The fourth-order valence-electron chi connectivity index (χ4n) is 0.888. The predicted molar refractivity (Wildman–Crippen MR) is 57.8 cm³/mol. The average Bonchev–Trinajstić information content (AvgIpc) is 2.11. The summed E-state index contributed by atoms with van der Waals surface area (Å²) in [4.78, 5) is 11.3. The molecule has 14 heavy (non-hydrogen) atoms.